The maximum atomic E-state index is 12.7. The molecule has 5 rings (SSSR count). The predicted octanol–water partition coefficient (Wildman–Crippen LogP) is 1.97. The number of nitrogens with one attached hydrogen (secondary N) is 2. The summed E-state index contributed by atoms with van der Waals surface area (Å²) in [6.07, 6.45) is 9.95. The molecule has 2 heterocycles. The molecule has 3 aliphatic carbocycles. The van der Waals surface area contributed by atoms with E-state index in [-0.39, 0.29) is 23.1 Å². The van der Waals surface area contributed by atoms with Crippen LogP contribution >= 0.6 is 0 Å². The molecule has 0 aromatic carbocycles. The fraction of sp³-hybridized carbons (Fsp3) is 0.737. The molecule has 0 radical (unpaired) electrons. The number of nitrogens with zero attached hydrogens (tertiary/aromatic N) is 1. The monoisotopic (exact) mass is 343 g/mol. The van der Waals surface area contributed by atoms with Crippen LogP contribution in [0.2, 0.25) is 0 Å². The Morgan fingerprint density at radius 2 is 2.00 bits per heavy atom. The van der Waals surface area contributed by atoms with E-state index < -0.39 is 0 Å². The number of carbonyl (C=O) groups excluding carboxylic acids is 1. The summed E-state index contributed by atoms with van der Waals surface area (Å²) in [5.41, 5.74) is -0.178. The van der Waals surface area contributed by atoms with Gasteiger partial charge in [-0.1, -0.05) is 25.7 Å². The molecular weight excluding hydrogens is 318 g/mol. The van der Waals surface area contributed by atoms with Gasteiger partial charge in [-0.2, -0.15) is 0 Å². The van der Waals surface area contributed by atoms with Crippen LogP contribution < -0.4 is 10.9 Å². The van der Waals surface area contributed by atoms with E-state index >= 15 is 0 Å². The van der Waals surface area contributed by atoms with Crippen molar-refractivity contribution in [2.24, 2.45) is 17.8 Å². The van der Waals surface area contributed by atoms with Gasteiger partial charge < -0.3 is 15.0 Å². The Morgan fingerprint density at radius 1 is 1.20 bits per heavy atom. The van der Waals surface area contributed by atoms with Crippen molar-refractivity contribution in [1.29, 1.82) is 0 Å². The highest BCUT2D eigenvalue weighted by atomic mass is 16.5. The Balaban J connectivity index is 1.33. The third kappa shape index (κ3) is 2.62. The topological polar surface area (TPSA) is 84.1 Å². The SMILES string of the molecule is O=C(N[C@H]1[C@H]2CCO[C@H]2[C@H]1C1CCCC1)c1cnc(C2CC2)[nH]c1=O. The minimum Gasteiger partial charge on any atom is -0.377 e. The van der Waals surface area contributed by atoms with E-state index in [1.54, 1.807) is 0 Å². The second-order valence-electron chi connectivity index (χ2n) is 8.19. The Labute approximate surface area is 146 Å². The van der Waals surface area contributed by atoms with Gasteiger partial charge in [0.05, 0.1) is 6.10 Å². The molecule has 1 aliphatic heterocycles. The van der Waals surface area contributed by atoms with Gasteiger partial charge in [0.2, 0.25) is 0 Å². The summed E-state index contributed by atoms with van der Waals surface area (Å²) in [6.45, 7) is 0.795. The summed E-state index contributed by atoms with van der Waals surface area (Å²) >= 11 is 0. The van der Waals surface area contributed by atoms with Crippen molar-refractivity contribution in [2.45, 2.75) is 63.0 Å². The van der Waals surface area contributed by atoms with Crippen LogP contribution in [0.1, 0.15) is 67.0 Å². The standard InChI is InChI=1S/C19H25N3O3/c23-18(13-9-20-17(11-5-6-11)22-19(13)24)21-15-12-7-8-25-16(12)14(15)10-3-1-2-4-10/h9-12,14-16H,1-8H2,(H,21,23)(H,20,22,24)/t12-,14+,15+,16-/m1/s1. The summed E-state index contributed by atoms with van der Waals surface area (Å²) in [6, 6.07) is 0.144. The molecular formula is C19H25N3O3. The summed E-state index contributed by atoms with van der Waals surface area (Å²) in [7, 11) is 0. The number of ether oxygens (including phenoxy) is 1. The quantitative estimate of drug-likeness (QED) is 0.875. The summed E-state index contributed by atoms with van der Waals surface area (Å²) in [5, 5.41) is 3.16. The van der Waals surface area contributed by atoms with Crippen molar-refractivity contribution in [3.8, 4) is 0 Å². The number of hydrogen-bond acceptors (Lipinski definition) is 4. The highest BCUT2D eigenvalue weighted by Crippen LogP contribution is 2.51. The molecule has 1 aromatic rings. The lowest BCUT2D eigenvalue weighted by atomic mass is 9.61. The fourth-order valence-electron chi connectivity index (χ4n) is 5.22. The predicted molar refractivity (Wildman–Crippen MR) is 91.4 cm³/mol. The highest BCUT2D eigenvalue weighted by molar-refractivity contribution is 5.93. The van der Waals surface area contributed by atoms with Crippen LogP contribution in [0.3, 0.4) is 0 Å². The van der Waals surface area contributed by atoms with E-state index in [2.05, 4.69) is 15.3 Å². The Hall–Kier alpha value is -1.69. The second kappa shape index (κ2) is 5.94. The van der Waals surface area contributed by atoms with E-state index in [0.717, 1.165) is 31.7 Å². The van der Waals surface area contributed by atoms with E-state index in [9.17, 15) is 9.59 Å². The van der Waals surface area contributed by atoms with Gasteiger partial charge in [0.25, 0.3) is 11.5 Å². The fourth-order valence-corrected chi connectivity index (χ4v) is 5.22. The number of aromatic amines is 1. The van der Waals surface area contributed by atoms with Crippen molar-refractivity contribution in [2.75, 3.05) is 6.61 Å². The maximum Gasteiger partial charge on any atom is 0.263 e. The average Bonchev–Trinajstić information content (AvgIpc) is 3.17. The number of H-pyrrole nitrogens is 1. The van der Waals surface area contributed by atoms with Gasteiger partial charge in [0, 0.05) is 36.6 Å². The Bertz CT molecular complexity index is 731. The molecule has 2 N–H and O–H groups in total. The van der Waals surface area contributed by atoms with E-state index in [1.165, 1.54) is 31.9 Å². The number of hydrogen-bond donors (Lipinski definition) is 2. The molecule has 134 valence electrons. The smallest absolute Gasteiger partial charge is 0.263 e. The van der Waals surface area contributed by atoms with Crippen LogP contribution in [0.5, 0.6) is 0 Å². The molecule has 25 heavy (non-hydrogen) atoms. The van der Waals surface area contributed by atoms with E-state index in [4.69, 9.17) is 4.74 Å². The first-order valence-electron chi connectivity index (χ1n) is 9.74. The van der Waals surface area contributed by atoms with Crippen LogP contribution in [-0.4, -0.2) is 34.6 Å². The van der Waals surface area contributed by atoms with Gasteiger partial charge in [-0.15, -0.1) is 0 Å². The first-order chi connectivity index (χ1) is 12.2. The van der Waals surface area contributed by atoms with Crippen molar-refractivity contribution < 1.29 is 9.53 Å². The first kappa shape index (κ1) is 15.6. The largest absolute Gasteiger partial charge is 0.377 e. The zero-order valence-corrected chi connectivity index (χ0v) is 14.4. The Kier molecular flexibility index (Phi) is 3.69. The molecule has 6 nitrogen and oxygen atoms in total. The summed E-state index contributed by atoms with van der Waals surface area (Å²) in [5.74, 6) is 2.29. The lowest BCUT2D eigenvalue weighted by Gasteiger charge is -2.50. The third-order valence-electron chi connectivity index (χ3n) is 6.71. The molecule has 4 fully saturated rings. The normalized spacial score (nSPS) is 34.6. The summed E-state index contributed by atoms with van der Waals surface area (Å²) in [4.78, 5) is 32.1. The van der Waals surface area contributed by atoms with Crippen LogP contribution in [0.4, 0.5) is 0 Å². The maximum absolute atomic E-state index is 12.7. The lowest BCUT2D eigenvalue weighted by Crippen LogP contribution is -2.63. The zero-order chi connectivity index (χ0) is 17.0. The van der Waals surface area contributed by atoms with Gasteiger partial charge in [0.1, 0.15) is 11.4 Å². The van der Waals surface area contributed by atoms with Gasteiger partial charge >= 0.3 is 0 Å². The number of carbonyl (C=O) groups is 1. The number of aromatic nitrogens is 2. The molecule has 4 aliphatic rings. The van der Waals surface area contributed by atoms with Gasteiger partial charge in [0.15, 0.2) is 0 Å². The molecule has 3 saturated carbocycles. The molecule has 1 aromatic heterocycles. The molecule has 0 spiro atoms. The van der Waals surface area contributed by atoms with Crippen LogP contribution in [0, 0.1) is 17.8 Å². The third-order valence-corrected chi connectivity index (χ3v) is 6.71. The van der Waals surface area contributed by atoms with Crippen molar-refractivity contribution in [3.63, 3.8) is 0 Å². The number of amides is 1. The van der Waals surface area contributed by atoms with Gasteiger partial charge in [-0.05, 0) is 25.2 Å². The average molecular weight is 343 g/mol. The number of rotatable bonds is 4. The van der Waals surface area contributed by atoms with Crippen LogP contribution in [-0.2, 0) is 4.74 Å². The van der Waals surface area contributed by atoms with Crippen molar-refractivity contribution in [1.82, 2.24) is 15.3 Å². The van der Waals surface area contributed by atoms with E-state index in [1.807, 2.05) is 0 Å². The zero-order valence-electron chi connectivity index (χ0n) is 14.4. The highest BCUT2D eigenvalue weighted by Gasteiger charge is 2.57. The minimum atomic E-state index is -0.314. The molecule has 6 heteroatoms. The van der Waals surface area contributed by atoms with Crippen molar-refractivity contribution in [3.05, 3.63) is 27.9 Å². The Morgan fingerprint density at radius 3 is 2.72 bits per heavy atom. The molecule has 1 amide bonds. The molecule has 0 unspecified atom stereocenters. The van der Waals surface area contributed by atoms with Gasteiger partial charge in [-0.25, -0.2) is 4.98 Å². The van der Waals surface area contributed by atoms with Crippen LogP contribution in [0.15, 0.2) is 11.0 Å². The minimum absolute atomic E-state index is 0.136. The van der Waals surface area contributed by atoms with Crippen molar-refractivity contribution >= 4 is 5.91 Å². The lowest BCUT2D eigenvalue weighted by molar-refractivity contribution is -0.0784. The summed E-state index contributed by atoms with van der Waals surface area (Å²) < 4.78 is 5.94. The van der Waals surface area contributed by atoms with E-state index in [0.29, 0.717) is 29.8 Å². The number of fused-ring (bicyclic) bond motifs is 1. The van der Waals surface area contributed by atoms with Gasteiger partial charge in [-0.3, -0.25) is 9.59 Å². The molecule has 4 atom stereocenters. The van der Waals surface area contributed by atoms with Crippen LogP contribution in [0.25, 0.3) is 0 Å². The first-order valence-corrected chi connectivity index (χ1v) is 9.74. The molecule has 0 bridgehead atoms. The second-order valence-corrected chi connectivity index (χ2v) is 8.19. The molecule has 1 saturated heterocycles.